The lowest BCUT2D eigenvalue weighted by molar-refractivity contribution is -0.382. The highest BCUT2D eigenvalue weighted by atomic mass is 16.8. The fourth-order valence-corrected chi connectivity index (χ4v) is 0.931. The molecular formula is C9H20O3. The molecule has 0 aliphatic heterocycles. The molecule has 0 amide bonds. The Balaban J connectivity index is 4.04. The summed E-state index contributed by atoms with van der Waals surface area (Å²) in [6.45, 7) is 9.29. The SMILES string of the molecule is CCC(O)(OC(C)C)OC(C)C. The van der Waals surface area contributed by atoms with Gasteiger partial charge in [-0.2, -0.15) is 0 Å². The van der Waals surface area contributed by atoms with Crippen LogP contribution >= 0.6 is 0 Å². The zero-order valence-corrected chi connectivity index (χ0v) is 8.63. The summed E-state index contributed by atoms with van der Waals surface area (Å²) >= 11 is 0. The molecule has 0 aromatic carbocycles. The van der Waals surface area contributed by atoms with Crippen molar-refractivity contribution >= 4 is 0 Å². The van der Waals surface area contributed by atoms with Crippen LogP contribution in [-0.2, 0) is 9.47 Å². The largest absolute Gasteiger partial charge is 0.343 e. The molecule has 0 atom stereocenters. The molecule has 74 valence electrons. The molecule has 3 nitrogen and oxygen atoms in total. The van der Waals surface area contributed by atoms with Crippen LogP contribution in [0.4, 0.5) is 0 Å². The van der Waals surface area contributed by atoms with E-state index in [4.69, 9.17) is 9.47 Å². The quantitative estimate of drug-likeness (QED) is 0.650. The first-order valence-electron chi connectivity index (χ1n) is 4.47. The molecule has 0 radical (unpaired) electrons. The third kappa shape index (κ3) is 4.70. The Kier molecular flexibility index (Phi) is 4.75. The third-order valence-corrected chi connectivity index (χ3v) is 1.29. The van der Waals surface area contributed by atoms with Crippen LogP contribution in [0.25, 0.3) is 0 Å². The van der Waals surface area contributed by atoms with Gasteiger partial charge in [0.25, 0.3) is 5.97 Å². The van der Waals surface area contributed by atoms with Crippen molar-refractivity contribution in [1.82, 2.24) is 0 Å². The maximum atomic E-state index is 9.72. The van der Waals surface area contributed by atoms with Gasteiger partial charge >= 0.3 is 0 Å². The highest BCUT2D eigenvalue weighted by Crippen LogP contribution is 2.18. The standard InChI is InChI=1S/C9H20O3/c1-6-9(10,11-7(2)3)12-8(4)5/h7-8,10H,6H2,1-5H3. The molecule has 0 aliphatic carbocycles. The molecule has 0 heterocycles. The average Bonchev–Trinajstić information content (AvgIpc) is 1.83. The minimum Gasteiger partial charge on any atom is -0.343 e. The van der Waals surface area contributed by atoms with E-state index in [-0.39, 0.29) is 12.2 Å². The van der Waals surface area contributed by atoms with Gasteiger partial charge in [0.05, 0.1) is 12.2 Å². The van der Waals surface area contributed by atoms with Crippen LogP contribution in [0.5, 0.6) is 0 Å². The van der Waals surface area contributed by atoms with Gasteiger partial charge in [-0.05, 0) is 27.7 Å². The van der Waals surface area contributed by atoms with E-state index in [9.17, 15) is 5.11 Å². The first-order valence-corrected chi connectivity index (χ1v) is 4.47. The van der Waals surface area contributed by atoms with Crippen molar-refractivity contribution in [1.29, 1.82) is 0 Å². The monoisotopic (exact) mass is 176 g/mol. The topological polar surface area (TPSA) is 38.7 Å². The summed E-state index contributed by atoms with van der Waals surface area (Å²) < 4.78 is 10.5. The minimum atomic E-state index is -1.41. The van der Waals surface area contributed by atoms with E-state index < -0.39 is 5.97 Å². The number of hydrogen-bond donors (Lipinski definition) is 1. The van der Waals surface area contributed by atoms with E-state index in [1.54, 1.807) is 0 Å². The summed E-state index contributed by atoms with van der Waals surface area (Å²) in [7, 11) is 0. The normalized spacial score (nSPS) is 13.0. The van der Waals surface area contributed by atoms with Crippen molar-refractivity contribution in [3.63, 3.8) is 0 Å². The van der Waals surface area contributed by atoms with Gasteiger partial charge in [0.2, 0.25) is 0 Å². The van der Waals surface area contributed by atoms with E-state index in [0.29, 0.717) is 6.42 Å². The lowest BCUT2D eigenvalue weighted by atomic mass is 10.3. The Morgan fingerprint density at radius 3 is 1.58 bits per heavy atom. The summed E-state index contributed by atoms with van der Waals surface area (Å²) in [6.07, 6.45) is 0.367. The van der Waals surface area contributed by atoms with E-state index in [1.807, 2.05) is 34.6 Å². The minimum absolute atomic E-state index is 0.0336. The first-order chi connectivity index (χ1) is 5.39. The van der Waals surface area contributed by atoms with E-state index in [2.05, 4.69) is 0 Å². The Morgan fingerprint density at radius 1 is 1.08 bits per heavy atom. The van der Waals surface area contributed by atoms with Crippen LogP contribution in [0.1, 0.15) is 41.0 Å². The third-order valence-electron chi connectivity index (χ3n) is 1.29. The van der Waals surface area contributed by atoms with Crippen molar-refractivity contribution in [3.05, 3.63) is 0 Å². The molecule has 0 rings (SSSR count). The molecule has 0 bridgehead atoms. The number of hydrogen-bond acceptors (Lipinski definition) is 3. The van der Waals surface area contributed by atoms with Gasteiger partial charge in [-0.15, -0.1) is 0 Å². The van der Waals surface area contributed by atoms with Gasteiger partial charge in [0.1, 0.15) is 0 Å². The Morgan fingerprint density at radius 2 is 1.42 bits per heavy atom. The van der Waals surface area contributed by atoms with Crippen LogP contribution in [0.2, 0.25) is 0 Å². The average molecular weight is 176 g/mol. The second-order valence-electron chi connectivity index (χ2n) is 3.40. The van der Waals surface area contributed by atoms with E-state index in [0.717, 1.165) is 0 Å². The Labute approximate surface area is 74.7 Å². The molecule has 0 aliphatic rings. The molecule has 3 heteroatoms. The lowest BCUT2D eigenvalue weighted by Gasteiger charge is -2.30. The van der Waals surface area contributed by atoms with E-state index in [1.165, 1.54) is 0 Å². The number of ether oxygens (including phenoxy) is 2. The predicted molar refractivity (Wildman–Crippen MR) is 47.7 cm³/mol. The first kappa shape index (κ1) is 11.9. The lowest BCUT2D eigenvalue weighted by Crippen LogP contribution is -2.39. The van der Waals surface area contributed by atoms with Crippen molar-refractivity contribution in [2.75, 3.05) is 0 Å². The van der Waals surface area contributed by atoms with Crippen LogP contribution in [0.3, 0.4) is 0 Å². The highest BCUT2D eigenvalue weighted by molar-refractivity contribution is 4.55. The van der Waals surface area contributed by atoms with Gasteiger partial charge in [-0.3, -0.25) is 0 Å². The highest BCUT2D eigenvalue weighted by Gasteiger charge is 2.29. The van der Waals surface area contributed by atoms with Crippen molar-refractivity contribution in [2.24, 2.45) is 0 Å². The molecule has 12 heavy (non-hydrogen) atoms. The predicted octanol–water partition coefficient (Wildman–Crippen LogP) is 1.89. The summed E-state index contributed by atoms with van der Waals surface area (Å²) in [5, 5.41) is 9.72. The van der Waals surface area contributed by atoms with Crippen LogP contribution in [0, 0.1) is 0 Å². The van der Waals surface area contributed by atoms with Gasteiger partial charge in [-0.25, -0.2) is 0 Å². The summed E-state index contributed by atoms with van der Waals surface area (Å²) in [5.74, 6) is -1.41. The molecule has 0 fully saturated rings. The van der Waals surface area contributed by atoms with Crippen LogP contribution in [-0.4, -0.2) is 23.3 Å². The Hall–Kier alpha value is -0.120. The fourth-order valence-electron chi connectivity index (χ4n) is 0.931. The zero-order valence-electron chi connectivity index (χ0n) is 8.63. The van der Waals surface area contributed by atoms with Gasteiger partial charge in [0.15, 0.2) is 0 Å². The van der Waals surface area contributed by atoms with Gasteiger partial charge in [0, 0.05) is 6.42 Å². The number of aliphatic hydroxyl groups is 1. The fraction of sp³-hybridized carbons (Fsp3) is 1.00. The van der Waals surface area contributed by atoms with Crippen LogP contribution in [0.15, 0.2) is 0 Å². The molecular weight excluding hydrogens is 156 g/mol. The maximum absolute atomic E-state index is 9.72. The van der Waals surface area contributed by atoms with Gasteiger partial charge in [-0.1, -0.05) is 6.92 Å². The second-order valence-corrected chi connectivity index (χ2v) is 3.40. The molecule has 0 saturated carbocycles. The smallest absolute Gasteiger partial charge is 0.280 e. The Bertz CT molecular complexity index is 111. The van der Waals surface area contributed by atoms with Crippen molar-refractivity contribution in [3.8, 4) is 0 Å². The molecule has 0 spiro atoms. The second kappa shape index (κ2) is 4.80. The maximum Gasteiger partial charge on any atom is 0.280 e. The molecule has 0 aromatic heterocycles. The summed E-state index contributed by atoms with van der Waals surface area (Å²) in [6, 6.07) is 0. The van der Waals surface area contributed by atoms with E-state index >= 15 is 0 Å². The van der Waals surface area contributed by atoms with Crippen LogP contribution < -0.4 is 0 Å². The molecule has 0 aromatic rings. The van der Waals surface area contributed by atoms with Crippen molar-refractivity contribution in [2.45, 2.75) is 59.2 Å². The molecule has 0 saturated heterocycles. The van der Waals surface area contributed by atoms with Crippen molar-refractivity contribution < 1.29 is 14.6 Å². The molecule has 1 N–H and O–H groups in total. The summed E-state index contributed by atoms with van der Waals surface area (Å²) in [5.41, 5.74) is 0. The van der Waals surface area contributed by atoms with Gasteiger partial charge < -0.3 is 14.6 Å². The molecule has 0 unspecified atom stereocenters. The zero-order chi connectivity index (χ0) is 9.78. The summed E-state index contributed by atoms with van der Waals surface area (Å²) in [4.78, 5) is 0. The number of rotatable bonds is 5.